The molecule has 3 heteroatoms. The lowest BCUT2D eigenvalue weighted by Gasteiger charge is -2.37. The smallest absolute Gasteiger partial charge is 0.337 e. The van der Waals surface area contributed by atoms with Gasteiger partial charge in [-0.25, -0.2) is 4.79 Å². The third-order valence-corrected chi connectivity index (χ3v) is 6.19. The van der Waals surface area contributed by atoms with Crippen LogP contribution in [0.2, 0.25) is 0 Å². The van der Waals surface area contributed by atoms with Gasteiger partial charge in [0.25, 0.3) is 0 Å². The van der Waals surface area contributed by atoms with E-state index in [1.54, 1.807) is 0 Å². The minimum atomic E-state index is -0.301. The highest BCUT2D eigenvalue weighted by Crippen LogP contribution is 2.49. The summed E-state index contributed by atoms with van der Waals surface area (Å²) in [6.45, 7) is 0. The van der Waals surface area contributed by atoms with Crippen molar-refractivity contribution in [2.75, 3.05) is 7.11 Å². The highest BCUT2D eigenvalue weighted by molar-refractivity contribution is 5.95. The lowest BCUT2D eigenvalue weighted by Crippen LogP contribution is -2.30. The molecule has 1 spiro atoms. The van der Waals surface area contributed by atoms with E-state index in [1.165, 1.54) is 58.5 Å². The van der Waals surface area contributed by atoms with E-state index in [4.69, 9.17) is 9.47 Å². The zero-order valence-corrected chi connectivity index (χ0v) is 14.9. The molecule has 0 amide bonds. The average Bonchev–Trinajstić information content (AvgIpc) is 3.11. The van der Waals surface area contributed by atoms with Gasteiger partial charge in [-0.15, -0.1) is 0 Å². The number of benzene rings is 2. The summed E-state index contributed by atoms with van der Waals surface area (Å²) in [5.74, 6) is 0.635. The summed E-state index contributed by atoms with van der Waals surface area (Å²) in [6, 6.07) is 11.8. The molecule has 132 valence electrons. The number of fused-ring (bicyclic) bond motifs is 1. The van der Waals surface area contributed by atoms with E-state index in [1.807, 2.05) is 30.3 Å². The fourth-order valence-electron chi connectivity index (χ4n) is 4.68. The minimum Gasteiger partial charge on any atom is -0.490 e. The largest absolute Gasteiger partial charge is 0.490 e. The van der Waals surface area contributed by atoms with Gasteiger partial charge in [-0.1, -0.05) is 25.0 Å². The van der Waals surface area contributed by atoms with Gasteiger partial charge >= 0.3 is 5.97 Å². The standard InChI is InChI=1S/C22H26O3/c1-24-21(23)18-5-4-17-15-20(7-6-16(17)14-18)25-19-8-12-22(13-9-19)10-2-3-11-22/h4-7,14-15,19H,2-3,8-13H2,1H3. The highest BCUT2D eigenvalue weighted by atomic mass is 16.5. The molecule has 4 rings (SSSR count). The highest BCUT2D eigenvalue weighted by Gasteiger charge is 2.38. The quantitative estimate of drug-likeness (QED) is 0.692. The molecule has 0 saturated heterocycles. The van der Waals surface area contributed by atoms with Gasteiger partial charge in [-0.3, -0.25) is 0 Å². The maximum Gasteiger partial charge on any atom is 0.337 e. The SMILES string of the molecule is COC(=O)c1ccc2cc(OC3CCC4(CCCC4)CC3)ccc2c1. The molecular weight excluding hydrogens is 312 g/mol. The Bertz CT molecular complexity index is 764. The zero-order chi connectivity index (χ0) is 17.3. The molecule has 0 aliphatic heterocycles. The first kappa shape index (κ1) is 16.4. The van der Waals surface area contributed by atoms with Gasteiger partial charge in [0.2, 0.25) is 0 Å². The van der Waals surface area contributed by atoms with E-state index in [-0.39, 0.29) is 5.97 Å². The fraction of sp³-hybridized carbons (Fsp3) is 0.500. The molecule has 0 radical (unpaired) electrons. The predicted molar refractivity (Wildman–Crippen MR) is 99.1 cm³/mol. The van der Waals surface area contributed by atoms with Crippen molar-refractivity contribution in [1.29, 1.82) is 0 Å². The number of hydrogen-bond acceptors (Lipinski definition) is 3. The molecule has 0 aromatic heterocycles. The molecule has 25 heavy (non-hydrogen) atoms. The maximum absolute atomic E-state index is 11.6. The zero-order valence-electron chi connectivity index (χ0n) is 14.9. The van der Waals surface area contributed by atoms with Crippen LogP contribution in [0.4, 0.5) is 0 Å². The topological polar surface area (TPSA) is 35.5 Å². The fourth-order valence-corrected chi connectivity index (χ4v) is 4.68. The van der Waals surface area contributed by atoms with E-state index in [0.717, 1.165) is 16.5 Å². The van der Waals surface area contributed by atoms with Crippen LogP contribution in [0.3, 0.4) is 0 Å². The molecule has 0 atom stereocenters. The predicted octanol–water partition coefficient (Wildman–Crippen LogP) is 5.51. The Morgan fingerprint density at radius 2 is 1.64 bits per heavy atom. The van der Waals surface area contributed by atoms with Gasteiger partial charge < -0.3 is 9.47 Å². The van der Waals surface area contributed by atoms with Gasteiger partial charge in [-0.05, 0) is 79.0 Å². The van der Waals surface area contributed by atoms with Crippen LogP contribution in [-0.2, 0) is 4.74 Å². The van der Waals surface area contributed by atoms with E-state index in [9.17, 15) is 4.79 Å². The first-order valence-corrected chi connectivity index (χ1v) is 9.46. The summed E-state index contributed by atoms with van der Waals surface area (Å²) in [4.78, 5) is 11.6. The van der Waals surface area contributed by atoms with Gasteiger partial charge in [0.1, 0.15) is 5.75 Å². The van der Waals surface area contributed by atoms with Crippen LogP contribution >= 0.6 is 0 Å². The Morgan fingerprint density at radius 3 is 2.36 bits per heavy atom. The number of ether oxygens (including phenoxy) is 2. The molecule has 0 unspecified atom stereocenters. The second-order valence-corrected chi connectivity index (χ2v) is 7.74. The van der Waals surface area contributed by atoms with Crippen molar-refractivity contribution >= 4 is 16.7 Å². The van der Waals surface area contributed by atoms with Crippen molar-refractivity contribution < 1.29 is 14.3 Å². The third-order valence-electron chi connectivity index (χ3n) is 6.19. The second-order valence-electron chi connectivity index (χ2n) is 7.74. The van der Waals surface area contributed by atoms with E-state index in [2.05, 4.69) is 6.07 Å². The lowest BCUT2D eigenvalue weighted by molar-refractivity contribution is 0.0601. The first-order chi connectivity index (χ1) is 12.2. The Balaban J connectivity index is 1.44. The van der Waals surface area contributed by atoms with E-state index < -0.39 is 0 Å². The summed E-state index contributed by atoms with van der Waals surface area (Å²) < 4.78 is 11.1. The summed E-state index contributed by atoms with van der Waals surface area (Å²) in [6.07, 6.45) is 11.1. The van der Waals surface area contributed by atoms with Crippen molar-refractivity contribution in [3.63, 3.8) is 0 Å². The van der Waals surface area contributed by atoms with Crippen molar-refractivity contribution in [2.45, 2.75) is 57.5 Å². The van der Waals surface area contributed by atoms with Crippen LogP contribution in [0.15, 0.2) is 36.4 Å². The van der Waals surface area contributed by atoms with E-state index >= 15 is 0 Å². The van der Waals surface area contributed by atoms with E-state index in [0.29, 0.717) is 17.1 Å². The molecule has 2 aliphatic rings. The molecule has 2 aromatic rings. The van der Waals surface area contributed by atoms with Gasteiger partial charge in [0.15, 0.2) is 0 Å². The molecular formula is C22H26O3. The van der Waals surface area contributed by atoms with Crippen LogP contribution in [-0.4, -0.2) is 19.2 Å². The number of methoxy groups -OCH3 is 1. The van der Waals surface area contributed by atoms with Crippen molar-refractivity contribution in [3.8, 4) is 5.75 Å². The summed E-state index contributed by atoms with van der Waals surface area (Å²) in [7, 11) is 1.41. The molecule has 3 nitrogen and oxygen atoms in total. The Kier molecular flexibility index (Phi) is 4.41. The summed E-state index contributed by atoms with van der Waals surface area (Å²) in [5, 5.41) is 2.12. The molecule has 2 aromatic carbocycles. The molecule has 2 aliphatic carbocycles. The van der Waals surface area contributed by atoms with Crippen LogP contribution in [0.5, 0.6) is 5.75 Å². The second kappa shape index (κ2) is 6.70. The molecule has 2 fully saturated rings. The van der Waals surface area contributed by atoms with Crippen molar-refractivity contribution in [1.82, 2.24) is 0 Å². The number of rotatable bonds is 3. The summed E-state index contributed by atoms with van der Waals surface area (Å²) in [5.41, 5.74) is 1.23. The van der Waals surface area contributed by atoms with Gasteiger partial charge in [0, 0.05) is 0 Å². The first-order valence-electron chi connectivity index (χ1n) is 9.46. The maximum atomic E-state index is 11.6. The molecule has 0 heterocycles. The Morgan fingerprint density at radius 1 is 0.960 bits per heavy atom. The van der Waals surface area contributed by atoms with Gasteiger partial charge in [-0.2, -0.15) is 0 Å². The van der Waals surface area contributed by atoms with Crippen molar-refractivity contribution in [2.24, 2.45) is 5.41 Å². The van der Waals surface area contributed by atoms with Crippen LogP contribution in [0, 0.1) is 5.41 Å². The normalized spacial score (nSPS) is 20.0. The van der Waals surface area contributed by atoms with Gasteiger partial charge in [0.05, 0.1) is 18.8 Å². The Hall–Kier alpha value is -2.03. The lowest BCUT2D eigenvalue weighted by atomic mass is 9.72. The monoisotopic (exact) mass is 338 g/mol. The van der Waals surface area contributed by atoms with Crippen molar-refractivity contribution in [3.05, 3.63) is 42.0 Å². The van der Waals surface area contributed by atoms with Crippen LogP contribution in [0.25, 0.3) is 10.8 Å². The number of esters is 1. The number of carbonyl (C=O) groups excluding carboxylic acids is 1. The third kappa shape index (κ3) is 3.37. The number of hydrogen-bond donors (Lipinski definition) is 0. The molecule has 0 bridgehead atoms. The number of carbonyl (C=O) groups is 1. The minimum absolute atomic E-state index is 0.301. The molecule has 2 saturated carbocycles. The van der Waals surface area contributed by atoms with Crippen LogP contribution in [0.1, 0.15) is 61.7 Å². The van der Waals surface area contributed by atoms with Crippen LogP contribution < -0.4 is 4.74 Å². The Labute approximate surface area is 149 Å². The summed E-state index contributed by atoms with van der Waals surface area (Å²) >= 11 is 0. The molecule has 0 N–H and O–H groups in total. The average molecular weight is 338 g/mol.